The number of thiocarbonyl (C=S) groups is 1. The molecule has 0 bridgehead atoms. The van der Waals surface area contributed by atoms with E-state index in [1.807, 2.05) is 55.5 Å². The van der Waals surface area contributed by atoms with Crippen molar-refractivity contribution in [2.75, 3.05) is 5.32 Å². The summed E-state index contributed by atoms with van der Waals surface area (Å²) in [5.41, 5.74) is 4.17. The van der Waals surface area contributed by atoms with Gasteiger partial charge in [-0.3, -0.25) is 9.59 Å². The first-order chi connectivity index (χ1) is 16.3. The number of para-hydroxylation sites is 1. The van der Waals surface area contributed by atoms with Crippen molar-refractivity contribution < 1.29 is 9.59 Å². The van der Waals surface area contributed by atoms with Crippen LogP contribution in [0.4, 0.5) is 5.69 Å². The molecule has 0 heterocycles. The molecule has 3 aromatic rings. The Kier molecular flexibility index (Phi) is 8.93. The molecule has 3 aromatic carbocycles. The van der Waals surface area contributed by atoms with Crippen LogP contribution in [0.25, 0.3) is 0 Å². The number of amides is 2. The summed E-state index contributed by atoms with van der Waals surface area (Å²) in [6.07, 6.45) is 1.01. The van der Waals surface area contributed by atoms with Gasteiger partial charge in [0.25, 0.3) is 5.91 Å². The molecule has 0 aromatic heterocycles. The van der Waals surface area contributed by atoms with Gasteiger partial charge in [0.15, 0.2) is 5.11 Å². The first-order valence-electron chi connectivity index (χ1n) is 11.5. The Hall–Kier alpha value is -3.51. The van der Waals surface area contributed by atoms with Crippen molar-refractivity contribution in [1.82, 2.24) is 10.6 Å². The first-order valence-corrected chi connectivity index (χ1v) is 11.9. The molecule has 1 atom stereocenters. The molecule has 2 amide bonds. The molecule has 0 radical (unpaired) electrons. The largest absolute Gasteiger partial charge is 0.348 e. The zero-order valence-corrected chi connectivity index (χ0v) is 20.6. The van der Waals surface area contributed by atoms with Crippen LogP contribution < -0.4 is 16.0 Å². The fraction of sp³-hybridized carbons (Fsp3) is 0.250. The highest BCUT2D eigenvalue weighted by Gasteiger charge is 2.18. The molecule has 6 heteroatoms. The lowest BCUT2D eigenvalue weighted by molar-refractivity contribution is -0.120. The Morgan fingerprint density at radius 1 is 0.824 bits per heavy atom. The van der Waals surface area contributed by atoms with Crippen molar-refractivity contribution in [1.29, 1.82) is 0 Å². The average molecular weight is 474 g/mol. The van der Waals surface area contributed by atoms with E-state index >= 15 is 0 Å². The number of nitrogens with one attached hydrogen (secondary N) is 3. The third-order valence-electron chi connectivity index (χ3n) is 5.47. The zero-order valence-electron chi connectivity index (χ0n) is 19.8. The lowest BCUT2D eigenvalue weighted by Gasteiger charge is -2.16. The van der Waals surface area contributed by atoms with Crippen LogP contribution in [0.1, 0.15) is 53.7 Å². The quantitative estimate of drug-likeness (QED) is 0.382. The van der Waals surface area contributed by atoms with E-state index in [1.54, 1.807) is 18.2 Å². The second-order valence-corrected chi connectivity index (χ2v) is 9.13. The van der Waals surface area contributed by atoms with Gasteiger partial charge in [-0.1, -0.05) is 80.6 Å². The van der Waals surface area contributed by atoms with Crippen LogP contribution >= 0.6 is 12.2 Å². The molecule has 3 N–H and O–H groups in total. The summed E-state index contributed by atoms with van der Waals surface area (Å²) in [6, 6.07) is 24.9. The summed E-state index contributed by atoms with van der Waals surface area (Å²) in [4.78, 5) is 25.5. The van der Waals surface area contributed by atoms with Crippen LogP contribution in [0.5, 0.6) is 0 Å². The lowest BCUT2D eigenvalue weighted by Crippen LogP contribution is -2.37. The number of carbonyl (C=O) groups is 2. The highest BCUT2D eigenvalue weighted by Crippen LogP contribution is 2.19. The van der Waals surface area contributed by atoms with Crippen LogP contribution in [0, 0.1) is 5.92 Å². The highest BCUT2D eigenvalue weighted by molar-refractivity contribution is 7.80. The summed E-state index contributed by atoms with van der Waals surface area (Å²) >= 11 is 5.36. The number of rotatable bonds is 8. The molecule has 34 heavy (non-hydrogen) atoms. The summed E-state index contributed by atoms with van der Waals surface area (Å²) in [5.74, 6) is -0.216. The van der Waals surface area contributed by atoms with E-state index in [4.69, 9.17) is 12.2 Å². The molecule has 0 aliphatic heterocycles. The fourth-order valence-electron chi connectivity index (χ4n) is 3.60. The number of hydrogen-bond donors (Lipinski definition) is 3. The van der Waals surface area contributed by atoms with Crippen molar-refractivity contribution >= 4 is 34.8 Å². The van der Waals surface area contributed by atoms with Gasteiger partial charge in [-0.05, 0) is 60.3 Å². The molecule has 1 unspecified atom stereocenters. The van der Waals surface area contributed by atoms with E-state index in [0.29, 0.717) is 23.7 Å². The van der Waals surface area contributed by atoms with Gasteiger partial charge in [-0.15, -0.1) is 0 Å². The van der Waals surface area contributed by atoms with Crippen LogP contribution in [0.15, 0.2) is 78.9 Å². The van der Waals surface area contributed by atoms with E-state index in [2.05, 4.69) is 41.9 Å². The van der Waals surface area contributed by atoms with Crippen molar-refractivity contribution in [3.05, 3.63) is 101 Å². The Bertz CT molecular complexity index is 1130. The minimum atomic E-state index is -0.364. The normalized spacial score (nSPS) is 11.5. The lowest BCUT2D eigenvalue weighted by atomic mass is 9.96. The summed E-state index contributed by atoms with van der Waals surface area (Å²) in [6.45, 7) is 6.63. The third-order valence-corrected chi connectivity index (χ3v) is 5.67. The second kappa shape index (κ2) is 12.1. The Balaban J connectivity index is 1.59. The highest BCUT2D eigenvalue weighted by atomic mass is 32.1. The van der Waals surface area contributed by atoms with E-state index in [9.17, 15) is 9.59 Å². The molecule has 5 nitrogen and oxygen atoms in total. The van der Waals surface area contributed by atoms with Gasteiger partial charge in [-0.2, -0.15) is 0 Å². The monoisotopic (exact) mass is 473 g/mol. The molecular weight excluding hydrogens is 442 g/mol. The van der Waals surface area contributed by atoms with Crippen molar-refractivity contribution in [2.24, 2.45) is 5.92 Å². The standard InChI is InChI=1S/C28H31N3O2S/c1-19(2)17-21-13-15-23(16-14-21)20(3)26(32)31-28(34)30-25-12-8-7-11-24(25)27(33)29-18-22-9-5-4-6-10-22/h4-16,19-20H,17-18H2,1-3H3,(H,29,33)(H2,30,31,32,34). The van der Waals surface area contributed by atoms with E-state index in [-0.39, 0.29) is 22.8 Å². The average Bonchev–Trinajstić information content (AvgIpc) is 2.83. The van der Waals surface area contributed by atoms with Crippen LogP contribution in [0.2, 0.25) is 0 Å². The number of benzene rings is 3. The summed E-state index contributed by atoms with van der Waals surface area (Å²) < 4.78 is 0. The Morgan fingerprint density at radius 3 is 2.15 bits per heavy atom. The van der Waals surface area contributed by atoms with Crippen LogP contribution in [-0.4, -0.2) is 16.9 Å². The van der Waals surface area contributed by atoms with Gasteiger partial charge in [0.1, 0.15) is 0 Å². The zero-order chi connectivity index (χ0) is 24.5. The predicted molar refractivity (Wildman–Crippen MR) is 142 cm³/mol. The first kappa shape index (κ1) is 25.1. The van der Waals surface area contributed by atoms with Crippen molar-refractivity contribution in [3.63, 3.8) is 0 Å². The van der Waals surface area contributed by atoms with Gasteiger partial charge >= 0.3 is 0 Å². The number of carbonyl (C=O) groups excluding carboxylic acids is 2. The van der Waals surface area contributed by atoms with Crippen molar-refractivity contribution in [3.8, 4) is 0 Å². The Labute approximate surface area is 207 Å². The maximum absolute atomic E-state index is 12.8. The number of hydrogen-bond acceptors (Lipinski definition) is 3. The molecule has 0 saturated carbocycles. The van der Waals surface area contributed by atoms with Gasteiger partial charge in [0, 0.05) is 6.54 Å². The SMILES string of the molecule is CC(C)Cc1ccc(C(C)C(=O)NC(=S)Nc2ccccc2C(=O)NCc2ccccc2)cc1. The van der Waals surface area contributed by atoms with Gasteiger partial charge < -0.3 is 16.0 Å². The van der Waals surface area contributed by atoms with Gasteiger partial charge in [0.05, 0.1) is 17.2 Å². The van der Waals surface area contributed by atoms with E-state index in [0.717, 1.165) is 17.5 Å². The second-order valence-electron chi connectivity index (χ2n) is 8.72. The fourth-order valence-corrected chi connectivity index (χ4v) is 3.81. The number of anilines is 1. The van der Waals surface area contributed by atoms with Crippen LogP contribution in [-0.2, 0) is 17.8 Å². The molecule has 0 saturated heterocycles. The molecule has 0 aliphatic rings. The Morgan fingerprint density at radius 2 is 1.47 bits per heavy atom. The van der Waals surface area contributed by atoms with Crippen molar-refractivity contribution in [2.45, 2.75) is 39.7 Å². The predicted octanol–water partition coefficient (Wildman–Crippen LogP) is 5.43. The molecular formula is C28H31N3O2S. The molecule has 176 valence electrons. The molecule has 0 fully saturated rings. The maximum atomic E-state index is 12.8. The van der Waals surface area contributed by atoms with E-state index in [1.165, 1.54) is 5.56 Å². The smallest absolute Gasteiger partial charge is 0.253 e. The summed E-state index contributed by atoms with van der Waals surface area (Å²) in [5, 5.41) is 8.81. The minimum absolute atomic E-state index is 0.150. The van der Waals surface area contributed by atoms with Gasteiger partial charge in [0.2, 0.25) is 5.91 Å². The topological polar surface area (TPSA) is 70.2 Å². The maximum Gasteiger partial charge on any atom is 0.253 e. The molecule has 0 aliphatic carbocycles. The summed E-state index contributed by atoms with van der Waals surface area (Å²) in [7, 11) is 0. The minimum Gasteiger partial charge on any atom is -0.348 e. The van der Waals surface area contributed by atoms with Crippen LogP contribution in [0.3, 0.4) is 0 Å². The third kappa shape index (κ3) is 7.25. The molecule has 3 rings (SSSR count). The molecule has 0 spiro atoms. The van der Waals surface area contributed by atoms with Gasteiger partial charge in [-0.25, -0.2) is 0 Å². The van der Waals surface area contributed by atoms with E-state index < -0.39 is 0 Å².